The number of ketones is 1. The number of hydrogen-bond donors (Lipinski definition) is 0. The molecule has 2 rings (SSSR count). The van der Waals surface area contributed by atoms with Gasteiger partial charge in [-0.1, -0.05) is 18.2 Å². The van der Waals surface area contributed by atoms with Crippen LogP contribution in [0.1, 0.15) is 29.9 Å². The average molecular weight is 241 g/mol. The molecular formula is C15H15NO2. The highest BCUT2D eigenvalue weighted by molar-refractivity contribution is 5.99. The van der Waals surface area contributed by atoms with Crippen molar-refractivity contribution in [3.05, 3.63) is 41.6 Å². The summed E-state index contributed by atoms with van der Waals surface area (Å²) in [6, 6.07) is 7.74. The zero-order valence-electron chi connectivity index (χ0n) is 10.7. The van der Waals surface area contributed by atoms with Gasteiger partial charge in [0.25, 0.3) is 0 Å². The lowest BCUT2D eigenvalue weighted by Gasteiger charge is -2.03. The van der Waals surface area contributed by atoms with E-state index in [1.54, 1.807) is 10.6 Å². The summed E-state index contributed by atoms with van der Waals surface area (Å²) in [5.74, 6) is -0.0859. The number of benzene rings is 1. The molecule has 0 atom stereocenters. The van der Waals surface area contributed by atoms with Crippen LogP contribution in [0.4, 0.5) is 0 Å². The molecule has 3 nitrogen and oxygen atoms in total. The van der Waals surface area contributed by atoms with E-state index < -0.39 is 0 Å². The van der Waals surface area contributed by atoms with Crippen LogP contribution in [0.15, 0.2) is 30.3 Å². The molecule has 0 saturated carbocycles. The smallest absolute Gasteiger partial charge is 0.228 e. The van der Waals surface area contributed by atoms with Crippen molar-refractivity contribution in [2.24, 2.45) is 0 Å². The fourth-order valence-electron chi connectivity index (χ4n) is 2.16. The quantitative estimate of drug-likeness (QED) is 0.757. The van der Waals surface area contributed by atoms with Gasteiger partial charge in [-0.25, -0.2) is 0 Å². The average Bonchev–Trinajstić information content (AvgIpc) is 2.60. The van der Waals surface area contributed by atoms with E-state index >= 15 is 0 Å². The number of allylic oxidation sites excluding steroid dienone is 1. The normalized spacial score (nSPS) is 11.3. The third-order valence-electron chi connectivity index (χ3n) is 2.96. The fraction of sp³-hybridized carbons (Fsp3) is 0.200. The van der Waals surface area contributed by atoms with Crippen LogP contribution >= 0.6 is 0 Å². The van der Waals surface area contributed by atoms with Crippen LogP contribution in [0.25, 0.3) is 17.0 Å². The monoisotopic (exact) mass is 241 g/mol. The minimum absolute atomic E-state index is 0.0326. The molecule has 0 N–H and O–H groups in total. The first-order chi connectivity index (χ1) is 8.52. The fourth-order valence-corrected chi connectivity index (χ4v) is 2.16. The van der Waals surface area contributed by atoms with Crippen molar-refractivity contribution in [3.63, 3.8) is 0 Å². The molecule has 0 radical (unpaired) electrons. The van der Waals surface area contributed by atoms with Crippen molar-refractivity contribution < 1.29 is 9.59 Å². The van der Waals surface area contributed by atoms with Crippen molar-refractivity contribution in [2.45, 2.75) is 20.8 Å². The second-order valence-electron chi connectivity index (χ2n) is 4.33. The molecule has 0 unspecified atom stereocenters. The number of aryl methyl sites for hydroxylation is 1. The molecule has 18 heavy (non-hydrogen) atoms. The number of para-hydroxylation sites is 1. The molecule has 1 aromatic carbocycles. The molecule has 0 spiro atoms. The molecule has 3 heteroatoms. The lowest BCUT2D eigenvalue weighted by atomic mass is 10.1. The standard InChI is InChI=1S/C15H15NO2/c1-10(17)8-9-14-11(2)13-6-4-5-7-15(13)16(14)12(3)18/h4-9H,1-3H3/b9-8+. The molecule has 0 saturated heterocycles. The summed E-state index contributed by atoms with van der Waals surface area (Å²) in [6.45, 7) is 4.98. The van der Waals surface area contributed by atoms with Gasteiger partial charge in [0.1, 0.15) is 0 Å². The highest BCUT2D eigenvalue weighted by atomic mass is 16.1. The molecular weight excluding hydrogens is 226 g/mol. The molecule has 92 valence electrons. The van der Waals surface area contributed by atoms with E-state index in [4.69, 9.17) is 0 Å². The highest BCUT2D eigenvalue weighted by Gasteiger charge is 2.14. The summed E-state index contributed by atoms with van der Waals surface area (Å²) < 4.78 is 1.64. The SMILES string of the molecule is CC(=O)/C=C/c1c(C)c2ccccc2n1C(C)=O. The number of hydrogen-bond acceptors (Lipinski definition) is 2. The van der Waals surface area contributed by atoms with Crippen LogP contribution in [0.3, 0.4) is 0 Å². The Bertz CT molecular complexity index is 662. The summed E-state index contributed by atoms with van der Waals surface area (Å²) in [4.78, 5) is 22.8. The third kappa shape index (κ3) is 1.99. The van der Waals surface area contributed by atoms with Crippen LogP contribution in [0.5, 0.6) is 0 Å². The van der Waals surface area contributed by atoms with Crippen molar-refractivity contribution in [1.29, 1.82) is 0 Å². The van der Waals surface area contributed by atoms with E-state index in [2.05, 4.69) is 0 Å². The molecule has 0 fully saturated rings. The molecule has 1 heterocycles. The number of nitrogens with zero attached hydrogens (tertiary/aromatic N) is 1. The molecule has 0 aliphatic rings. The van der Waals surface area contributed by atoms with Gasteiger partial charge in [0.05, 0.1) is 11.2 Å². The Hall–Kier alpha value is -2.16. The Morgan fingerprint density at radius 1 is 1.17 bits per heavy atom. The van der Waals surface area contributed by atoms with Crippen LogP contribution in [0, 0.1) is 6.92 Å². The second kappa shape index (κ2) is 4.61. The van der Waals surface area contributed by atoms with Gasteiger partial charge in [-0.2, -0.15) is 0 Å². The maximum Gasteiger partial charge on any atom is 0.228 e. The largest absolute Gasteiger partial charge is 0.295 e. The van der Waals surface area contributed by atoms with Gasteiger partial charge in [-0.15, -0.1) is 0 Å². The van der Waals surface area contributed by atoms with Gasteiger partial charge in [0.15, 0.2) is 5.78 Å². The van der Waals surface area contributed by atoms with E-state index in [0.29, 0.717) is 0 Å². The minimum atomic E-state index is -0.0532. The summed E-state index contributed by atoms with van der Waals surface area (Å²) in [5.41, 5.74) is 2.67. The Morgan fingerprint density at radius 2 is 1.83 bits per heavy atom. The van der Waals surface area contributed by atoms with Crippen molar-refractivity contribution in [3.8, 4) is 0 Å². The van der Waals surface area contributed by atoms with Gasteiger partial charge in [-0.3, -0.25) is 14.2 Å². The number of rotatable bonds is 2. The molecule has 0 aliphatic heterocycles. The number of carbonyl (C=O) groups is 2. The number of fused-ring (bicyclic) bond motifs is 1. The molecule has 0 aliphatic carbocycles. The molecule has 2 aromatic rings. The van der Waals surface area contributed by atoms with E-state index in [0.717, 1.165) is 22.2 Å². The maximum absolute atomic E-state index is 11.8. The first kappa shape index (κ1) is 12.3. The van der Waals surface area contributed by atoms with E-state index in [1.165, 1.54) is 19.9 Å². The summed E-state index contributed by atoms with van der Waals surface area (Å²) in [6.07, 6.45) is 3.19. The van der Waals surface area contributed by atoms with E-state index in [9.17, 15) is 9.59 Å². The van der Waals surface area contributed by atoms with Gasteiger partial charge in [0, 0.05) is 12.3 Å². The predicted molar refractivity (Wildman–Crippen MR) is 72.7 cm³/mol. The zero-order chi connectivity index (χ0) is 13.3. The molecule has 0 amide bonds. The molecule has 0 bridgehead atoms. The summed E-state index contributed by atoms with van der Waals surface area (Å²) in [7, 11) is 0. The first-order valence-electron chi connectivity index (χ1n) is 5.82. The summed E-state index contributed by atoms with van der Waals surface area (Å²) in [5, 5.41) is 1.04. The lowest BCUT2D eigenvalue weighted by molar-refractivity contribution is -0.112. The van der Waals surface area contributed by atoms with Crippen LogP contribution < -0.4 is 0 Å². The van der Waals surface area contributed by atoms with E-state index in [1.807, 2.05) is 31.2 Å². The Morgan fingerprint density at radius 3 is 2.44 bits per heavy atom. The van der Waals surface area contributed by atoms with E-state index in [-0.39, 0.29) is 11.7 Å². The Kier molecular flexibility index (Phi) is 3.15. The Labute approximate surface area is 106 Å². The highest BCUT2D eigenvalue weighted by Crippen LogP contribution is 2.26. The first-order valence-corrected chi connectivity index (χ1v) is 5.82. The van der Waals surface area contributed by atoms with Crippen molar-refractivity contribution in [2.75, 3.05) is 0 Å². The third-order valence-corrected chi connectivity index (χ3v) is 2.96. The van der Waals surface area contributed by atoms with Crippen LogP contribution in [-0.4, -0.2) is 16.3 Å². The van der Waals surface area contributed by atoms with Crippen molar-refractivity contribution in [1.82, 2.24) is 4.57 Å². The van der Waals surface area contributed by atoms with Crippen LogP contribution in [-0.2, 0) is 4.79 Å². The van der Waals surface area contributed by atoms with Gasteiger partial charge in [0.2, 0.25) is 5.91 Å². The minimum Gasteiger partial charge on any atom is -0.295 e. The maximum atomic E-state index is 11.8. The van der Waals surface area contributed by atoms with Gasteiger partial charge in [-0.05, 0) is 37.6 Å². The Balaban J connectivity index is 2.78. The zero-order valence-corrected chi connectivity index (χ0v) is 10.7. The van der Waals surface area contributed by atoms with Crippen molar-refractivity contribution >= 4 is 28.7 Å². The number of aromatic nitrogens is 1. The second-order valence-corrected chi connectivity index (χ2v) is 4.33. The number of carbonyl (C=O) groups excluding carboxylic acids is 2. The van der Waals surface area contributed by atoms with Gasteiger partial charge < -0.3 is 0 Å². The predicted octanol–water partition coefficient (Wildman–Crippen LogP) is 3.21. The summed E-state index contributed by atoms with van der Waals surface area (Å²) >= 11 is 0. The van der Waals surface area contributed by atoms with Crippen LogP contribution in [0.2, 0.25) is 0 Å². The topological polar surface area (TPSA) is 39.1 Å². The van der Waals surface area contributed by atoms with Gasteiger partial charge >= 0.3 is 0 Å². The molecule has 1 aromatic heterocycles. The lowest BCUT2D eigenvalue weighted by Crippen LogP contribution is -2.07.